The molecule has 0 aromatic heterocycles. The van der Waals surface area contributed by atoms with Crippen LogP contribution in [0.5, 0.6) is 0 Å². The molecule has 1 rings (SSSR count). The highest BCUT2D eigenvalue weighted by molar-refractivity contribution is 5.48. The van der Waals surface area contributed by atoms with Gasteiger partial charge in [0.25, 0.3) is 0 Å². The van der Waals surface area contributed by atoms with Gasteiger partial charge in [0.15, 0.2) is 0 Å². The standard InChI is InChI=1S/C10H9F3O/c1-14-7-6-8-2-4-9(5-3-8)10(11,12)13/h2-7H,1H3/b7-6-. The molecule has 0 atom stereocenters. The fraction of sp³-hybridized carbons (Fsp3) is 0.200. The van der Waals surface area contributed by atoms with Gasteiger partial charge in [-0.15, -0.1) is 0 Å². The van der Waals surface area contributed by atoms with Gasteiger partial charge >= 0.3 is 6.18 Å². The van der Waals surface area contributed by atoms with Crippen molar-refractivity contribution >= 4 is 6.08 Å². The van der Waals surface area contributed by atoms with Crippen molar-refractivity contribution in [2.24, 2.45) is 0 Å². The summed E-state index contributed by atoms with van der Waals surface area (Å²) in [6, 6.07) is 4.85. The maximum absolute atomic E-state index is 12.1. The first kappa shape index (κ1) is 10.6. The summed E-state index contributed by atoms with van der Waals surface area (Å²) in [7, 11) is 1.47. The van der Waals surface area contributed by atoms with Gasteiger partial charge in [-0.1, -0.05) is 12.1 Å². The molecule has 0 N–H and O–H groups in total. The van der Waals surface area contributed by atoms with E-state index in [4.69, 9.17) is 0 Å². The average molecular weight is 202 g/mol. The van der Waals surface area contributed by atoms with Gasteiger partial charge < -0.3 is 4.74 Å². The molecule has 0 saturated carbocycles. The van der Waals surface area contributed by atoms with Crippen LogP contribution >= 0.6 is 0 Å². The van der Waals surface area contributed by atoms with E-state index in [1.807, 2.05) is 0 Å². The van der Waals surface area contributed by atoms with Crippen molar-refractivity contribution in [3.05, 3.63) is 41.7 Å². The molecular formula is C10H9F3O. The van der Waals surface area contributed by atoms with Gasteiger partial charge in [0.05, 0.1) is 18.9 Å². The molecule has 1 nitrogen and oxygen atoms in total. The molecular weight excluding hydrogens is 193 g/mol. The number of benzene rings is 1. The first-order valence-electron chi connectivity index (χ1n) is 3.90. The lowest BCUT2D eigenvalue weighted by molar-refractivity contribution is -0.137. The number of alkyl halides is 3. The van der Waals surface area contributed by atoms with Gasteiger partial charge in [0.1, 0.15) is 0 Å². The van der Waals surface area contributed by atoms with Crippen LogP contribution in [0, 0.1) is 0 Å². The molecule has 0 bridgehead atoms. The van der Waals surface area contributed by atoms with Gasteiger partial charge in [-0.25, -0.2) is 0 Å². The van der Waals surface area contributed by atoms with Crippen LogP contribution in [0.4, 0.5) is 13.2 Å². The molecule has 0 spiro atoms. The molecule has 0 saturated heterocycles. The highest BCUT2D eigenvalue weighted by Crippen LogP contribution is 2.29. The van der Waals surface area contributed by atoms with E-state index < -0.39 is 11.7 Å². The quantitative estimate of drug-likeness (QED) is 0.668. The second kappa shape index (κ2) is 4.17. The van der Waals surface area contributed by atoms with E-state index in [-0.39, 0.29) is 0 Å². The summed E-state index contributed by atoms with van der Waals surface area (Å²) >= 11 is 0. The maximum atomic E-state index is 12.1. The van der Waals surface area contributed by atoms with Crippen molar-refractivity contribution in [2.75, 3.05) is 7.11 Å². The van der Waals surface area contributed by atoms with Crippen LogP contribution in [0.3, 0.4) is 0 Å². The molecule has 1 aromatic rings. The highest BCUT2D eigenvalue weighted by atomic mass is 19.4. The van der Waals surface area contributed by atoms with Crippen molar-refractivity contribution in [3.8, 4) is 0 Å². The predicted molar refractivity (Wildman–Crippen MR) is 47.5 cm³/mol. The number of rotatable bonds is 2. The Kier molecular flexibility index (Phi) is 3.17. The molecule has 0 heterocycles. The second-order valence-corrected chi connectivity index (χ2v) is 2.66. The third kappa shape index (κ3) is 2.80. The van der Waals surface area contributed by atoms with E-state index in [0.717, 1.165) is 12.1 Å². The van der Waals surface area contributed by atoms with Crippen molar-refractivity contribution in [1.82, 2.24) is 0 Å². The Labute approximate surface area is 79.8 Å². The molecule has 0 unspecified atom stereocenters. The van der Waals surface area contributed by atoms with E-state index in [1.165, 1.54) is 25.5 Å². The summed E-state index contributed by atoms with van der Waals surface area (Å²) in [6.07, 6.45) is -1.29. The smallest absolute Gasteiger partial charge is 0.416 e. The molecule has 0 radical (unpaired) electrons. The number of hydrogen-bond acceptors (Lipinski definition) is 1. The zero-order chi connectivity index (χ0) is 10.6. The van der Waals surface area contributed by atoms with Crippen molar-refractivity contribution in [2.45, 2.75) is 6.18 Å². The largest absolute Gasteiger partial charge is 0.504 e. The summed E-state index contributed by atoms with van der Waals surface area (Å²) in [5.41, 5.74) is 0.0203. The molecule has 0 fully saturated rings. The maximum Gasteiger partial charge on any atom is 0.416 e. The Hall–Kier alpha value is -1.45. The summed E-state index contributed by atoms with van der Waals surface area (Å²) in [5.74, 6) is 0. The number of methoxy groups -OCH3 is 1. The van der Waals surface area contributed by atoms with Crippen molar-refractivity contribution < 1.29 is 17.9 Å². The lowest BCUT2D eigenvalue weighted by Crippen LogP contribution is -2.03. The van der Waals surface area contributed by atoms with Crippen LogP contribution in [0.15, 0.2) is 30.5 Å². The molecule has 4 heteroatoms. The molecule has 0 aliphatic heterocycles. The Balaban J connectivity index is 2.84. The van der Waals surface area contributed by atoms with Crippen LogP contribution in [-0.4, -0.2) is 7.11 Å². The second-order valence-electron chi connectivity index (χ2n) is 2.66. The fourth-order valence-corrected chi connectivity index (χ4v) is 0.930. The first-order valence-corrected chi connectivity index (χ1v) is 3.90. The van der Waals surface area contributed by atoms with Gasteiger partial charge in [0, 0.05) is 0 Å². The van der Waals surface area contributed by atoms with Crippen molar-refractivity contribution in [3.63, 3.8) is 0 Å². The zero-order valence-electron chi connectivity index (χ0n) is 7.51. The number of halogens is 3. The average Bonchev–Trinajstić information content (AvgIpc) is 2.14. The topological polar surface area (TPSA) is 9.23 Å². The molecule has 1 aromatic carbocycles. The van der Waals surface area contributed by atoms with Crippen LogP contribution in [0.25, 0.3) is 6.08 Å². The Morgan fingerprint density at radius 3 is 2.14 bits per heavy atom. The summed E-state index contributed by atoms with van der Waals surface area (Å²) in [6.45, 7) is 0. The minimum absolute atomic E-state index is 0.646. The Morgan fingerprint density at radius 2 is 1.71 bits per heavy atom. The summed E-state index contributed by atoms with van der Waals surface area (Å²) in [5, 5.41) is 0. The molecule has 0 aliphatic rings. The third-order valence-corrected chi connectivity index (χ3v) is 1.63. The number of ether oxygens (including phenoxy) is 1. The Morgan fingerprint density at radius 1 is 1.14 bits per heavy atom. The fourth-order valence-electron chi connectivity index (χ4n) is 0.930. The van der Waals surface area contributed by atoms with E-state index >= 15 is 0 Å². The van der Waals surface area contributed by atoms with Gasteiger partial charge in [-0.3, -0.25) is 0 Å². The predicted octanol–water partition coefficient (Wildman–Crippen LogP) is 3.32. The van der Waals surface area contributed by atoms with E-state index in [9.17, 15) is 13.2 Å². The number of hydrogen-bond donors (Lipinski definition) is 0. The van der Waals surface area contributed by atoms with E-state index in [0.29, 0.717) is 5.56 Å². The van der Waals surface area contributed by atoms with Crippen LogP contribution < -0.4 is 0 Å². The molecule has 14 heavy (non-hydrogen) atoms. The zero-order valence-corrected chi connectivity index (χ0v) is 7.51. The minimum Gasteiger partial charge on any atom is -0.504 e. The molecule has 0 amide bonds. The normalized spacial score (nSPS) is 12.0. The SMILES string of the molecule is CO/C=C\c1ccc(C(F)(F)F)cc1. The van der Waals surface area contributed by atoms with E-state index in [2.05, 4.69) is 4.74 Å². The van der Waals surface area contributed by atoms with Gasteiger partial charge in [-0.05, 0) is 23.8 Å². The van der Waals surface area contributed by atoms with Crippen LogP contribution in [0.1, 0.15) is 11.1 Å². The summed E-state index contributed by atoms with van der Waals surface area (Å²) < 4.78 is 41.0. The monoisotopic (exact) mass is 202 g/mol. The highest BCUT2D eigenvalue weighted by Gasteiger charge is 2.29. The summed E-state index contributed by atoms with van der Waals surface area (Å²) in [4.78, 5) is 0. The van der Waals surface area contributed by atoms with E-state index in [1.54, 1.807) is 6.08 Å². The van der Waals surface area contributed by atoms with Gasteiger partial charge in [0.2, 0.25) is 0 Å². The van der Waals surface area contributed by atoms with Gasteiger partial charge in [-0.2, -0.15) is 13.2 Å². The Bertz CT molecular complexity index is 311. The van der Waals surface area contributed by atoms with Crippen LogP contribution in [-0.2, 0) is 10.9 Å². The molecule has 76 valence electrons. The van der Waals surface area contributed by atoms with Crippen LogP contribution in [0.2, 0.25) is 0 Å². The molecule has 0 aliphatic carbocycles. The van der Waals surface area contributed by atoms with Crippen molar-refractivity contribution in [1.29, 1.82) is 0 Å². The first-order chi connectivity index (χ1) is 6.54. The lowest BCUT2D eigenvalue weighted by atomic mass is 10.1. The third-order valence-electron chi connectivity index (χ3n) is 1.63. The minimum atomic E-state index is -4.27. The lowest BCUT2D eigenvalue weighted by Gasteiger charge is -2.05.